The zero-order valence-corrected chi connectivity index (χ0v) is 8.25. The summed E-state index contributed by atoms with van der Waals surface area (Å²) >= 11 is 0. The minimum absolute atomic E-state index is 0.315. The van der Waals surface area contributed by atoms with Gasteiger partial charge in [0.2, 0.25) is 0 Å². The van der Waals surface area contributed by atoms with E-state index in [2.05, 4.69) is 11.8 Å². The summed E-state index contributed by atoms with van der Waals surface area (Å²) in [4.78, 5) is 13.5. The van der Waals surface area contributed by atoms with Crippen LogP contribution in [0.3, 0.4) is 0 Å². The predicted molar refractivity (Wildman–Crippen MR) is 52.3 cm³/mol. The topological polar surface area (TPSA) is 20.3 Å². The smallest absolute Gasteiger partial charge is 0.157 e. The number of hydrogen-bond acceptors (Lipinski definition) is 2. The molecular formula is C11H17NO. The molecule has 1 aliphatic carbocycles. The van der Waals surface area contributed by atoms with Crippen molar-refractivity contribution in [2.24, 2.45) is 5.92 Å². The maximum atomic E-state index is 11.1. The van der Waals surface area contributed by atoms with Crippen LogP contribution in [0.4, 0.5) is 0 Å². The standard InChI is InChI=1S/C11H17NO/c1-2-9-5-6-12(8-9)10-3-4-11(13)7-10/h7,9H,2-6,8H2,1H3. The minimum atomic E-state index is 0.315. The molecule has 1 atom stereocenters. The molecule has 0 amide bonds. The van der Waals surface area contributed by atoms with Crippen molar-refractivity contribution in [1.82, 2.24) is 4.90 Å². The second-order valence-corrected chi connectivity index (χ2v) is 4.11. The van der Waals surface area contributed by atoms with E-state index in [1.165, 1.54) is 25.1 Å². The van der Waals surface area contributed by atoms with Crippen LogP contribution in [0.5, 0.6) is 0 Å². The van der Waals surface area contributed by atoms with E-state index in [1.54, 1.807) is 0 Å². The molecular weight excluding hydrogens is 162 g/mol. The van der Waals surface area contributed by atoms with Crippen molar-refractivity contribution < 1.29 is 4.79 Å². The zero-order valence-electron chi connectivity index (χ0n) is 8.25. The van der Waals surface area contributed by atoms with E-state index in [-0.39, 0.29) is 0 Å². The number of likely N-dealkylation sites (tertiary alicyclic amines) is 1. The third-order valence-electron chi connectivity index (χ3n) is 3.22. The highest BCUT2D eigenvalue weighted by atomic mass is 16.1. The van der Waals surface area contributed by atoms with Gasteiger partial charge < -0.3 is 4.90 Å². The number of allylic oxidation sites excluding steroid dienone is 2. The molecule has 2 heteroatoms. The van der Waals surface area contributed by atoms with Crippen LogP contribution < -0.4 is 0 Å². The SMILES string of the molecule is CCC1CCN(C2=CC(=O)CC2)C1. The first-order chi connectivity index (χ1) is 6.29. The molecule has 0 aromatic rings. The summed E-state index contributed by atoms with van der Waals surface area (Å²) in [6.45, 7) is 4.59. The number of carbonyl (C=O) groups is 1. The van der Waals surface area contributed by atoms with E-state index in [9.17, 15) is 4.79 Å². The fraction of sp³-hybridized carbons (Fsp3) is 0.727. The van der Waals surface area contributed by atoms with Gasteiger partial charge in [-0.15, -0.1) is 0 Å². The highest BCUT2D eigenvalue weighted by molar-refractivity contribution is 5.92. The van der Waals surface area contributed by atoms with Crippen LogP contribution in [0.2, 0.25) is 0 Å². The molecule has 0 N–H and O–H groups in total. The lowest BCUT2D eigenvalue weighted by molar-refractivity contribution is -0.114. The third kappa shape index (κ3) is 1.77. The molecule has 1 saturated heterocycles. The highest BCUT2D eigenvalue weighted by Crippen LogP contribution is 2.27. The lowest BCUT2D eigenvalue weighted by Crippen LogP contribution is -2.18. The van der Waals surface area contributed by atoms with Crippen molar-refractivity contribution in [2.75, 3.05) is 13.1 Å². The fourth-order valence-corrected chi connectivity index (χ4v) is 2.26. The number of nitrogens with zero attached hydrogens (tertiary/aromatic N) is 1. The molecule has 2 aliphatic rings. The normalized spacial score (nSPS) is 28.4. The Hall–Kier alpha value is -0.790. The van der Waals surface area contributed by atoms with E-state index in [1.807, 2.05) is 6.08 Å². The molecule has 1 unspecified atom stereocenters. The van der Waals surface area contributed by atoms with Crippen molar-refractivity contribution >= 4 is 5.78 Å². The Labute approximate surface area is 79.6 Å². The van der Waals surface area contributed by atoms with Gasteiger partial charge >= 0.3 is 0 Å². The Bertz CT molecular complexity index is 244. The lowest BCUT2D eigenvalue weighted by atomic mass is 10.1. The van der Waals surface area contributed by atoms with Crippen molar-refractivity contribution in [3.05, 3.63) is 11.8 Å². The van der Waals surface area contributed by atoms with Crippen molar-refractivity contribution in [1.29, 1.82) is 0 Å². The third-order valence-corrected chi connectivity index (χ3v) is 3.22. The van der Waals surface area contributed by atoms with Crippen LogP contribution >= 0.6 is 0 Å². The molecule has 1 aliphatic heterocycles. The first-order valence-electron chi connectivity index (χ1n) is 5.28. The van der Waals surface area contributed by atoms with E-state index in [4.69, 9.17) is 0 Å². The van der Waals surface area contributed by atoms with E-state index >= 15 is 0 Å². The molecule has 13 heavy (non-hydrogen) atoms. The summed E-state index contributed by atoms with van der Waals surface area (Å²) in [5.74, 6) is 1.17. The zero-order chi connectivity index (χ0) is 9.26. The molecule has 0 aromatic carbocycles. The molecule has 1 fully saturated rings. The highest BCUT2D eigenvalue weighted by Gasteiger charge is 2.25. The van der Waals surface area contributed by atoms with Crippen molar-refractivity contribution in [3.8, 4) is 0 Å². The first kappa shape index (κ1) is 8.79. The van der Waals surface area contributed by atoms with Crippen LogP contribution in [-0.4, -0.2) is 23.8 Å². The van der Waals surface area contributed by atoms with Gasteiger partial charge in [0.1, 0.15) is 0 Å². The van der Waals surface area contributed by atoms with Crippen LogP contribution in [-0.2, 0) is 4.79 Å². The number of carbonyl (C=O) groups excluding carboxylic acids is 1. The van der Waals surface area contributed by atoms with Crippen molar-refractivity contribution in [2.45, 2.75) is 32.6 Å². The van der Waals surface area contributed by atoms with E-state index in [0.29, 0.717) is 5.78 Å². The molecule has 0 bridgehead atoms. The second kappa shape index (κ2) is 3.52. The monoisotopic (exact) mass is 179 g/mol. The minimum Gasteiger partial charge on any atom is -0.374 e. The molecule has 0 spiro atoms. The molecule has 0 aromatic heterocycles. The van der Waals surface area contributed by atoms with Gasteiger partial charge in [-0.3, -0.25) is 4.79 Å². The van der Waals surface area contributed by atoms with Gasteiger partial charge in [-0.1, -0.05) is 13.3 Å². The Balaban J connectivity index is 1.96. The molecule has 2 rings (SSSR count). The number of hydrogen-bond donors (Lipinski definition) is 0. The second-order valence-electron chi connectivity index (χ2n) is 4.11. The fourth-order valence-electron chi connectivity index (χ4n) is 2.26. The molecule has 1 heterocycles. The van der Waals surface area contributed by atoms with Gasteiger partial charge in [0.05, 0.1) is 0 Å². The predicted octanol–water partition coefficient (Wildman–Crippen LogP) is 1.97. The summed E-state index contributed by atoms with van der Waals surface area (Å²) < 4.78 is 0. The van der Waals surface area contributed by atoms with Crippen LogP contribution in [0.1, 0.15) is 32.6 Å². The Kier molecular flexibility index (Phi) is 2.38. The van der Waals surface area contributed by atoms with Gasteiger partial charge in [0.15, 0.2) is 5.78 Å². The van der Waals surface area contributed by atoms with Gasteiger partial charge in [0.25, 0.3) is 0 Å². The quantitative estimate of drug-likeness (QED) is 0.646. The maximum absolute atomic E-state index is 11.1. The first-order valence-corrected chi connectivity index (χ1v) is 5.28. The van der Waals surface area contributed by atoms with Gasteiger partial charge in [-0.05, 0) is 18.8 Å². The lowest BCUT2D eigenvalue weighted by Gasteiger charge is -2.19. The maximum Gasteiger partial charge on any atom is 0.157 e. The summed E-state index contributed by atoms with van der Waals surface area (Å²) in [5.41, 5.74) is 1.29. The van der Waals surface area contributed by atoms with Crippen molar-refractivity contribution in [3.63, 3.8) is 0 Å². The largest absolute Gasteiger partial charge is 0.374 e. The molecule has 72 valence electrons. The summed E-state index contributed by atoms with van der Waals surface area (Å²) in [6.07, 6.45) is 6.15. The van der Waals surface area contributed by atoms with E-state index in [0.717, 1.165) is 25.3 Å². The van der Waals surface area contributed by atoms with Crippen LogP contribution in [0, 0.1) is 5.92 Å². The summed E-state index contributed by atoms with van der Waals surface area (Å²) in [6, 6.07) is 0. The Morgan fingerprint density at radius 3 is 2.92 bits per heavy atom. The number of rotatable bonds is 2. The van der Waals surface area contributed by atoms with Gasteiger partial charge in [-0.2, -0.15) is 0 Å². The molecule has 2 nitrogen and oxygen atoms in total. The Morgan fingerprint density at radius 1 is 1.54 bits per heavy atom. The molecule has 0 radical (unpaired) electrons. The van der Waals surface area contributed by atoms with Gasteiger partial charge in [-0.25, -0.2) is 0 Å². The average Bonchev–Trinajstić information content (AvgIpc) is 2.71. The van der Waals surface area contributed by atoms with Crippen LogP contribution in [0.25, 0.3) is 0 Å². The number of ketones is 1. The summed E-state index contributed by atoms with van der Waals surface area (Å²) in [7, 11) is 0. The van der Waals surface area contributed by atoms with Crippen LogP contribution in [0.15, 0.2) is 11.8 Å². The van der Waals surface area contributed by atoms with Gasteiger partial charge in [0, 0.05) is 31.3 Å². The Morgan fingerprint density at radius 2 is 2.38 bits per heavy atom. The summed E-state index contributed by atoms with van der Waals surface area (Å²) in [5, 5.41) is 0. The molecule has 0 saturated carbocycles. The average molecular weight is 179 g/mol. The van der Waals surface area contributed by atoms with E-state index < -0.39 is 0 Å².